The van der Waals surface area contributed by atoms with Gasteiger partial charge in [-0.1, -0.05) is 6.07 Å². The molecule has 102 valence electrons. The molecule has 1 N–H and O–H groups in total. The Labute approximate surface area is 122 Å². The summed E-state index contributed by atoms with van der Waals surface area (Å²) in [6.45, 7) is 0. The third kappa shape index (κ3) is 3.61. The molecular weight excluding hydrogens is 268 g/mol. The van der Waals surface area contributed by atoms with Crippen molar-refractivity contribution in [1.82, 2.24) is 4.98 Å². The van der Waals surface area contributed by atoms with Gasteiger partial charge in [0.05, 0.1) is 0 Å². The Kier molecular flexibility index (Phi) is 4.02. The number of hydrogen-bond donors (Lipinski definition) is 1. The second-order valence-electron chi connectivity index (χ2n) is 4.94. The molecule has 0 atom stereocenters. The van der Waals surface area contributed by atoms with Crippen molar-refractivity contribution in [3.05, 3.63) is 54.4 Å². The molecule has 0 radical (unpaired) electrons. The van der Waals surface area contributed by atoms with E-state index < -0.39 is 0 Å². The molecule has 1 aliphatic carbocycles. The van der Waals surface area contributed by atoms with Crippen LogP contribution in [-0.2, 0) is 10.5 Å². The van der Waals surface area contributed by atoms with E-state index in [1.165, 1.54) is 10.5 Å². The summed E-state index contributed by atoms with van der Waals surface area (Å²) >= 11 is 1.77. The predicted molar refractivity (Wildman–Crippen MR) is 81.6 cm³/mol. The van der Waals surface area contributed by atoms with Gasteiger partial charge in [0, 0.05) is 34.6 Å². The topological polar surface area (TPSA) is 42.0 Å². The number of hydrogen-bond acceptors (Lipinski definition) is 3. The van der Waals surface area contributed by atoms with Crippen molar-refractivity contribution in [2.75, 3.05) is 5.32 Å². The molecule has 1 fully saturated rings. The Morgan fingerprint density at radius 2 is 2.05 bits per heavy atom. The summed E-state index contributed by atoms with van der Waals surface area (Å²) in [5, 5.41) is 2.95. The Hall–Kier alpha value is -1.81. The fraction of sp³-hybridized carbons (Fsp3) is 0.250. The van der Waals surface area contributed by atoms with Crippen LogP contribution in [0.2, 0.25) is 0 Å². The van der Waals surface area contributed by atoms with Gasteiger partial charge in [0.2, 0.25) is 5.91 Å². The average Bonchev–Trinajstić information content (AvgIpc) is 3.32. The minimum Gasteiger partial charge on any atom is -0.326 e. The molecule has 3 nitrogen and oxygen atoms in total. The van der Waals surface area contributed by atoms with Crippen LogP contribution in [0.5, 0.6) is 0 Å². The van der Waals surface area contributed by atoms with E-state index in [1.807, 2.05) is 36.5 Å². The summed E-state index contributed by atoms with van der Waals surface area (Å²) in [7, 11) is 0. The number of nitrogens with zero attached hydrogens (tertiary/aromatic N) is 1. The highest BCUT2D eigenvalue weighted by atomic mass is 32.2. The van der Waals surface area contributed by atoms with Crippen LogP contribution >= 0.6 is 11.8 Å². The third-order valence-electron chi connectivity index (χ3n) is 3.20. The molecule has 1 aromatic heterocycles. The zero-order valence-corrected chi connectivity index (χ0v) is 11.9. The molecule has 1 heterocycles. The van der Waals surface area contributed by atoms with Gasteiger partial charge in [-0.25, -0.2) is 0 Å². The van der Waals surface area contributed by atoms with Gasteiger partial charge in [-0.2, -0.15) is 0 Å². The van der Waals surface area contributed by atoms with Gasteiger partial charge in [0.15, 0.2) is 0 Å². The first kappa shape index (κ1) is 13.2. The number of benzene rings is 1. The number of pyridine rings is 1. The van der Waals surface area contributed by atoms with Gasteiger partial charge in [0.1, 0.15) is 0 Å². The van der Waals surface area contributed by atoms with Crippen LogP contribution in [0.1, 0.15) is 18.4 Å². The van der Waals surface area contributed by atoms with Gasteiger partial charge in [-0.3, -0.25) is 9.78 Å². The number of aromatic nitrogens is 1. The van der Waals surface area contributed by atoms with E-state index in [0.29, 0.717) is 0 Å². The second kappa shape index (κ2) is 6.09. The third-order valence-corrected chi connectivity index (χ3v) is 4.28. The molecule has 1 aromatic carbocycles. The molecule has 1 aliphatic rings. The lowest BCUT2D eigenvalue weighted by molar-refractivity contribution is -0.117. The number of rotatable bonds is 5. The summed E-state index contributed by atoms with van der Waals surface area (Å²) in [5.74, 6) is 1.30. The lowest BCUT2D eigenvalue weighted by Gasteiger charge is -2.06. The van der Waals surface area contributed by atoms with E-state index in [9.17, 15) is 4.79 Å². The highest BCUT2D eigenvalue weighted by molar-refractivity contribution is 7.98. The average molecular weight is 284 g/mol. The maximum Gasteiger partial charge on any atom is 0.227 e. The highest BCUT2D eigenvalue weighted by Crippen LogP contribution is 2.30. The van der Waals surface area contributed by atoms with Gasteiger partial charge in [-0.15, -0.1) is 11.8 Å². The van der Waals surface area contributed by atoms with Crippen LogP contribution in [0.25, 0.3) is 0 Å². The van der Waals surface area contributed by atoms with Crippen molar-refractivity contribution in [1.29, 1.82) is 0 Å². The Morgan fingerprint density at radius 1 is 1.25 bits per heavy atom. The quantitative estimate of drug-likeness (QED) is 0.851. The summed E-state index contributed by atoms with van der Waals surface area (Å²) < 4.78 is 0. The van der Waals surface area contributed by atoms with E-state index >= 15 is 0 Å². The lowest BCUT2D eigenvalue weighted by Crippen LogP contribution is -2.12. The molecular formula is C16H16N2OS. The van der Waals surface area contributed by atoms with Crippen molar-refractivity contribution < 1.29 is 4.79 Å². The SMILES string of the molecule is O=C(Nc1ccc(SCc2cccnc2)cc1)C1CC1. The minimum absolute atomic E-state index is 0.153. The molecule has 0 aliphatic heterocycles. The maximum atomic E-state index is 11.6. The van der Waals surface area contributed by atoms with E-state index in [0.717, 1.165) is 24.3 Å². The summed E-state index contributed by atoms with van der Waals surface area (Å²) in [4.78, 5) is 16.9. The number of carbonyl (C=O) groups excluding carboxylic acids is 1. The number of amides is 1. The molecule has 2 aromatic rings. The van der Waals surface area contributed by atoms with Gasteiger partial charge >= 0.3 is 0 Å². The number of nitrogens with one attached hydrogen (secondary N) is 1. The van der Waals surface area contributed by atoms with Crippen LogP contribution in [0.3, 0.4) is 0 Å². The molecule has 4 heteroatoms. The summed E-state index contributed by atoms with van der Waals surface area (Å²) in [5.41, 5.74) is 2.09. The van der Waals surface area contributed by atoms with Gasteiger partial charge in [-0.05, 0) is 48.7 Å². The van der Waals surface area contributed by atoms with E-state index in [4.69, 9.17) is 0 Å². The Morgan fingerprint density at radius 3 is 2.70 bits per heavy atom. The van der Waals surface area contributed by atoms with E-state index in [1.54, 1.807) is 18.0 Å². The first-order valence-corrected chi connectivity index (χ1v) is 7.72. The monoisotopic (exact) mass is 284 g/mol. The van der Waals surface area contributed by atoms with Crippen LogP contribution in [0.15, 0.2) is 53.7 Å². The van der Waals surface area contributed by atoms with Crippen molar-refractivity contribution >= 4 is 23.4 Å². The lowest BCUT2D eigenvalue weighted by atomic mass is 10.3. The van der Waals surface area contributed by atoms with Crippen LogP contribution in [0, 0.1) is 5.92 Å². The summed E-state index contributed by atoms with van der Waals surface area (Å²) in [6.07, 6.45) is 5.73. The zero-order chi connectivity index (χ0) is 13.8. The number of anilines is 1. The van der Waals surface area contributed by atoms with Crippen molar-refractivity contribution in [2.24, 2.45) is 5.92 Å². The molecule has 0 saturated heterocycles. The first-order valence-electron chi connectivity index (χ1n) is 6.74. The zero-order valence-electron chi connectivity index (χ0n) is 11.1. The van der Waals surface area contributed by atoms with Crippen LogP contribution in [-0.4, -0.2) is 10.9 Å². The normalized spacial score (nSPS) is 14.0. The maximum absolute atomic E-state index is 11.6. The Bertz CT molecular complexity index is 579. The van der Waals surface area contributed by atoms with E-state index in [-0.39, 0.29) is 11.8 Å². The number of carbonyl (C=O) groups is 1. The van der Waals surface area contributed by atoms with Crippen molar-refractivity contribution in [3.8, 4) is 0 Å². The highest BCUT2D eigenvalue weighted by Gasteiger charge is 2.29. The second-order valence-corrected chi connectivity index (χ2v) is 5.99. The van der Waals surface area contributed by atoms with Crippen molar-refractivity contribution in [3.63, 3.8) is 0 Å². The van der Waals surface area contributed by atoms with Crippen molar-refractivity contribution in [2.45, 2.75) is 23.5 Å². The number of thioether (sulfide) groups is 1. The van der Waals surface area contributed by atoms with E-state index in [2.05, 4.69) is 16.4 Å². The fourth-order valence-electron chi connectivity index (χ4n) is 1.87. The molecule has 3 rings (SSSR count). The summed E-state index contributed by atoms with van der Waals surface area (Å²) in [6, 6.07) is 12.0. The van der Waals surface area contributed by atoms with Gasteiger partial charge < -0.3 is 5.32 Å². The molecule has 20 heavy (non-hydrogen) atoms. The van der Waals surface area contributed by atoms with Gasteiger partial charge in [0.25, 0.3) is 0 Å². The smallest absolute Gasteiger partial charge is 0.227 e. The minimum atomic E-state index is 0.153. The largest absolute Gasteiger partial charge is 0.326 e. The molecule has 1 amide bonds. The molecule has 0 unspecified atom stereocenters. The Balaban J connectivity index is 1.54. The molecule has 0 bridgehead atoms. The predicted octanol–water partition coefficient (Wildman–Crippen LogP) is 3.72. The molecule has 0 spiro atoms. The fourth-order valence-corrected chi connectivity index (χ4v) is 2.71. The van der Waals surface area contributed by atoms with Crippen LogP contribution < -0.4 is 5.32 Å². The molecule has 1 saturated carbocycles. The van der Waals surface area contributed by atoms with Crippen LogP contribution in [0.4, 0.5) is 5.69 Å². The standard InChI is InChI=1S/C16H16N2OS/c19-16(13-3-4-13)18-14-5-7-15(8-6-14)20-11-12-2-1-9-17-10-12/h1-2,5-10,13H,3-4,11H2,(H,18,19). The first-order chi connectivity index (χ1) is 9.81.